The van der Waals surface area contributed by atoms with Crippen LogP contribution >= 0.6 is 0 Å². The first-order valence-corrected chi connectivity index (χ1v) is 9.82. The number of ketones is 1. The molecule has 1 aliphatic rings. The molecule has 0 unspecified atom stereocenters. The number of benzene rings is 2. The van der Waals surface area contributed by atoms with Crippen LogP contribution < -0.4 is 20.1 Å². The first-order valence-electron chi connectivity index (χ1n) is 9.82. The summed E-state index contributed by atoms with van der Waals surface area (Å²) < 4.78 is 11.5. The summed E-state index contributed by atoms with van der Waals surface area (Å²) in [6.07, 6.45) is 0.884. The molecule has 0 saturated heterocycles. The Kier molecular flexibility index (Phi) is 6.54. The number of Topliss-reactive ketones (excluding diaryl/α,β-unsaturated/α-hetero) is 1. The molecule has 3 rings (SSSR count). The molecular formula is C23H26N2O4. The lowest BCUT2D eigenvalue weighted by Gasteiger charge is -2.30. The molecule has 1 atom stereocenters. The normalized spacial score (nSPS) is 16.1. The second-order valence-electron chi connectivity index (χ2n) is 6.73. The van der Waals surface area contributed by atoms with Crippen LogP contribution in [0.25, 0.3) is 5.70 Å². The highest BCUT2D eigenvalue weighted by molar-refractivity contribution is 6.06. The maximum Gasteiger partial charge on any atom is 0.320 e. The minimum absolute atomic E-state index is 0.120. The summed E-state index contributed by atoms with van der Waals surface area (Å²) >= 11 is 0. The van der Waals surface area contributed by atoms with Gasteiger partial charge in [0.2, 0.25) is 0 Å². The Balaban J connectivity index is 2.09. The summed E-state index contributed by atoms with van der Waals surface area (Å²) in [4.78, 5) is 25.0. The third-order valence-electron chi connectivity index (χ3n) is 4.58. The summed E-state index contributed by atoms with van der Waals surface area (Å²) in [6, 6.07) is 13.9. The van der Waals surface area contributed by atoms with E-state index in [0.29, 0.717) is 36.0 Å². The van der Waals surface area contributed by atoms with Crippen molar-refractivity contribution in [2.75, 3.05) is 13.2 Å². The van der Waals surface area contributed by atoms with Crippen LogP contribution in [-0.4, -0.2) is 25.0 Å². The number of amides is 2. The molecule has 6 nitrogen and oxygen atoms in total. The van der Waals surface area contributed by atoms with Crippen LogP contribution in [0.4, 0.5) is 4.79 Å². The lowest BCUT2D eigenvalue weighted by molar-refractivity contribution is -0.113. The van der Waals surface area contributed by atoms with Gasteiger partial charge in [0.05, 0.1) is 25.0 Å². The molecule has 0 aromatic heterocycles. The van der Waals surface area contributed by atoms with Gasteiger partial charge in [-0.15, -0.1) is 0 Å². The molecule has 152 valence electrons. The molecule has 1 heterocycles. The van der Waals surface area contributed by atoms with Gasteiger partial charge in [-0.1, -0.05) is 43.3 Å². The fraction of sp³-hybridized carbons (Fsp3) is 0.304. The predicted molar refractivity (Wildman–Crippen MR) is 112 cm³/mol. The SMILES string of the molecule is CCCOc1ccc([C@H]2NC(=O)NC(c3ccccc3)=C2C(C)=O)cc1OCC. The van der Waals surface area contributed by atoms with Gasteiger partial charge in [0, 0.05) is 5.57 Å². The third-order valence-corrected chi connectivity index (χ3v) is 4.58. The molecule has 0 saturated carbocycles. The summed E-state index contributed by atoms with van der Waals surface area (Å²) in [5.41, 5.74) is 2.56. The van der Waals surface area contributed by atoms with Crippen molar-refractivity contribution in [3.8, 4) is 11.5 Å². The van der Waals surface area contributed by atoms with E-state index in [2.05, 4.69) is 10.6 Å². The van der Waals surface area contributed by atoms with E-state index >= 15 is 0 Å². The van der Waals surface area contributed by atoms with E-state index < -0.39 is 6.04 Å². The fourth-order valence-electron chi connectivity index (χ4n) is 3.33. The average molecular weight is 394 g/mol. The Hall–Kier alpha value is -3.28. The number of rotatable bonds is 8. The quantitative estimate of drug-likeness (QED) is 0.703. The van der Waals surface area contributed by atoms with E-state index in [1.165, 1.54) is 6.92 Å². The van der Waals surface area contributed by atoms with E-state index in [1.807, 2.05) is 62.4 Å². The summed E-state index contributed by atoms with van der Waals surface area (Å²) in [7, 11) is 0. The van der Waals surface area contributed by atoms with E-state index in [4.69, 9.17) is 9.47 Å². The molecule has 0 aliphatic carbocycles. The highest BCUT2D eigenvalue weighted by atomic mass is 16.5. The summed E-state index contributed by atoms with van der Waals surface area (Å²) in [5.74, 6) is 1.12. The second-order valence-corrected chi connectivity index (χ2v) is 6.73. The summed E-state index contributed by atoms with van der Waals surface area (Å²) in [6.45, 7) is 6.51. The molecule has 29 heavy (non-hydrogen) atoms. The van der Waals surface area contributed by atoms with Crippen molar-refractivity contribution >= 4 is 17.5 Å². The van der Waals surface area contributed by atoms with E-state index in [9.17, 15) is 9.59 Å². The van der Waals surface area contributed by atoms with E-state index in [1.54, 1.807) is 0 Å². The van der Waals surface area contributed by atoms with Crippen molar-refractivity contribution in [2.24, 2.45) is 0 Å². The Labute approximate surface area is 170 Å². The largest absolute Gasteiger partial charge is 0.490 e. The molecule has 6 heteroatoms. The Bertz CT molecular complexity index is 922. The minimum atomic E-state index is -0.587. The van der Waals surface area contributed by atoms with Gasteiger partial charge in [0.1, 0.15) is 0 Å². The molecule has 0 radical (unpaired) electrons. The maximum atomic E-state index is 12.6. The highest BCUT2D eigenvalue weighted by Gasteiger charge is 2.32. The van der Waals surface area contributed by atoms with Crippen LogP contribution in [0.15, 0.2) is 54.1 Å². The third kappa shape index (κ3) is 4.59. The standard InChI is InChI=1S/C23H26N2O4/c1-4-13-29-18-12-11-17(14-19(18)28-5-2)22-20(15(3)26)21(24-23(27)25-22)16-9-7-6-8-10-16/h6-12,14,22H,4-5,13H2,1-3H3,(H2,24,25,27)/t22-/m1/s1. The first kappa shape index (κ1) is 20.5. The second kappa shape index (κ2) is 9.28. The van der Waals surface area contributed by atoms with Crippen molar-refractivity contribution in [1.82, 2.24) is 10.6 Å². The van der Waals surface area contributed by atoms with Crippen LogP contribution in [0, 0.1) is 0 Å². The minimum Gasteiger partial charge on any atom is -0.490 e. The van der Waals surface area contributed by atoms with Crippen LogP contribution in [-0.2, 0) is 4.79 Å². The van der Waals surface area contributed by atoms with Crippen LogP contribution in [0.5, 0.6) is 11.5 Å². The van der Waals surface area contributed by atoms with Gasteiger partial charge in [-0.05, 0) is 43.5 Å². The van der Waals surface area contributed by atoms with Crippen molar-refractivity contribution in [3.63, 3.8) is 0 Å². The van der Waals surface area contributed by atoms with Gasteiger partial charge >= 0.3 is 6.03 Å². The van der Waals surface area contributed by atoms with Crippen LogP contribution in [0.3, 0.4) is 0 Å². The van der Waals surface area contributed by atoms with Gasteiger partial charge in [0.15, 0.2) is 17.3 Å². The lowest BCUT2D eigenvalue weighted by Crippen LogP contribution is -2.44. The van der Waals surface area contributed by atoms with Crippen molar-refractivity contribution in [3.05, 3.63) is 65.2 Å². The number of nitrogens with one attached hydrogen (secondary N) is 2. The first-order chi connectivity index (χ1) is 14.0. The van der Waals surface area contributed by atoms with Gasteiger partial charge in [-0.3, -0.25) is 4.79 Å². The Morgan fingerprint density at radius 1 is 1.03 bits per heavy atom. The van der Waals surface area contributed by atoms with E-state index in [-0.39, 0.29) is 11.8 Å². The number of ether oxygens (including phenoxy) is 2. The van der Waals surface area contributed by atoms with Crippen molar-refractivity contribution in [1.29, 1.82) is 0 Å². The van der Waals surface area contributed by atoms with Gasteiger partial charge in [0.25, 0.3) is 0 Å². The lowest BCUT2D eigenvalue weighted by atomic mass is 9.90. The zero-order valence-corrected chi connectivity index (χ0v) is 17.0. The number of carbonyl (C=O) groups is 2. The maximum absolute atomic E-state index is 12.6. The predicted octanol–water partition coefficient (Wildman–Crippen LogP) is 4.23. The van der Waals surface area contributed by atoms with Crippen LogP contribution in [0.2, 0.25) is 0 Å². The summed E-state index contributed by atoms with van der Waals surface area (Å²) in [5, 5.41) is 5.67. The number of hydrogen-bond acceptors (Lipinski definition) is 4. The zero-order chi connectivity index (χ0) is 20.8. The topological polar surface area (TPSA) is 76.7 Å². The molecule has 1 aliphatic heterocycles. The monoisotopic (exact) mass is 394 g/mol. The molecule has 0 spiro atoms. The molecule has 2 aromatic carbocycles. The number of hydrogen-bond donors (Lipinski definition) is 2. The van der Waals surface area contributed by atoms with Crippen LogP contribution in [0.1, 0.15) is 44.4 Å². The molecule has 0 bridgehead atoms. The average Bonchev–Trinajstić information content (AvgIpc) is 2.72. The highest BCUT2D eigenvalue weighted by Crippen LogP contribution is 2.36. The zero-order valence-electron chi connectivity index (χ0n) is 17.0. The molecule has 2 aromatic rings. The van der Waals surface area contributed by atoms with Crippen molar-refractivity contribution < 1.29 is 19.1 Å². The Morgan fingerprint density at radius 3 is 2.45 bits per heavy atom. The molecule has 2 amide bonds. The smallest absolute Gasteiger partial charge is 0.320 e. The number of carbonyl (C=O) groups excluding carboxylic acids is 2. The number of urea groups is 1. The molecule has 0 fully saturated rings. The molecule has 2 N–H and O–H groups in total. The molecular weight excluding hydrogens is 368 g/mol. The van der Waals surface area contributed by atoms with Gasteiger partial charge < -0.3 is 20.1 Å². The van der Waals surface area contributed by atoms with Crippen molar-refractivity contribution in [2.45, 2.75) is 33.2 Å². The van der Waals surface area contributed by atoms with Gasteiger partial charge in [-0.2, -0.15) is 0 Å². The Morgan fingerprint density at radius 2 is 1.79 bits per heavy atom. The van der Waals surface area contributed by atoms with Gasteiger partial charge in [-0.25, -0.2) is 4.79 Å². The van der Waals surface area contributed by atoms with E-state index in [0.717, 1.165) is 17.5 Å². The fourth-order valence-corrected chi connectivity index (χ4v) is 3.33.